The summed E-state index contributed by atoms with van der Waals surface area (Å²) in [5.41, 5.74) is 5.75. The van der Waals surface area contributed by atoms with Gasteiger partial charge in [0.25, 0.3) is 5.91 Å². The lowest BCUT2D eigenvalue weighted by molar-refractivity contribution is 0.102. The van der Waals surface area contributed by atoms with E-state index in [1.807, 2.05) is 36.9 Å². The van der Waals surface area contributed by atoms with Crippen molar-refractivity contribution in [1.29, 1.82) is 0 Å². The molecule has 0 aliphatic rings. The minimum Gasteiger partial charge on any atom is -0.501 e. The summed E-state index contributed by atoms with van der Waals surface area (Å²) in [6.45, 7) is 13.7. The lowest BCUT2D eigenvalue weighted by Gasteiger charge is -2.15. The molecule has 0 fully saturated rings. The minimum atomic E-state index is -0.203. The molecule has 0 bridgehead atoms. The summed E-state index contributed by atoms with van der Waals surface area (Å²) < 4.78 is 13.3. The third kappa shape index (κ3) is 7.24. The summed E-state index contributed by atoms with van der Waals surface area (Å²) in [6.07, 6.45) is 7.70. The molecule has 0 spiro atoms. The largest absolute Gasteiger partial charge is 0.501 e. The molecule has 6 nitrogen and oxygen atoms in total. The average Bonchev–Trinajstić information content (AvgIpc) is 3.26. The normalized spacial score (nSPS) is 12.7. The van der Waals surface area contributed by atoms with Crippen molar-refractivity contribution in [3.63, 3.8) is 0 Å². The molecule has 0 atom stereocenters. The Kier molecular flexibility index (Phi) is 10.2. The summed E-state index contributed by atoms with van der Waals surface area (Å²) in [7, 11) is 1.68. The lowest BCUT2D eigenvalue weighted by Crippen LogP contribution is -2.14. The summed E-state index contributed by atoms with van der Waals surface area (Å²) in [5, 5.41) is 7.42. The van der Waals surface area contributed by atoms with E-state index >= 15 is 0 Å². The predicted octanol–water partition coefficient (Wildman–Crippen LogP) is 6.68. The SMILES string of the molecule is CCCCCOc1c(C)cccc1C(=O)Nc1cnn(CC(=C(\C)OC)/C(C)=C(\C)CC)c1. The van der Waals surface area contributed by atoms with Gasteiger partial charge in [0.15, 0.2) is 0 Å². The number of allylic oxidation sites excluding steroid dienone is 4. The summed E-state index contributed by atoms with van der Waals surface area (Å²) in [4.78, 5) is 13.0. The first-order valence-corrected chi connectivity index (χ1v) is 11.8. The fourth-order valence-electron chi connectivity index (χ4n) is 3.56. The fourth-order valence-corrected chi connectivity index (χ4v) is 3.56. The number of rotatable bonds is 12. The van der Waals surface area contributed by atoms with Crippen LogP contribution < -0.4 is 10.1 Å². The summed E-state index contributed by atoms with van der Waals surface area (Å²) >= 11 is 0. The highest BCUT2D eigenvalue weighted by atomic mass is 16.5. The Morgan fingerprint density at radius 1 is 1.15 bits per heavy atom. The molecule has 0 unspecified atom stereocenters. The molecule has 1 amide bonds. The fraction of sp³-hybridized carbons (Fsp3) is 0.481. The molecular formula is C27H39N3O3. The predicted molar refractivity (Wildman–Crippen MR) is 135 cm³/mol. The van der Waals surface area contributed by atoms with E-state index in [-0.39, 0.29) is 5.91 Å². The zero-order valence-electron chi connectivity index (χ0n) is 21.2. The number of para-hydroxylation sites is 1. The average molecular weight is 454 g/mol. The first kappa shape index (κ1) is 26.2. The molecule has 1 heterocycles. The van der Waals surface area contributed by atoms with Crippen LogP contribution >= 0.6 is 0 Å². The number of methoxy groups -OCH3 is 1. The van der Waals surface area contributed by atoms with Crippen molar-refractivity contribution in [3.05, 3.63) is 64.2 Å². The van der Waals surface area contributed by atoms with Gasteiger partial charge >= 0.3 is 0 Å². The number of amides is 1. The molecule has 180 valence electrons. The number of nitrogens with one attached hydrogen (secondary N) is 1. The van der Waals surface area contributed by atoms with E-state index in [2.05, 4.69) is 38.1 Å². The third-order valence-electron chi connectivity index (χ3n) is 6.02. The van der Waals surface area contributed by atoms with E-state index in [0.717, 1.165) is 42.6 Å². The summed E-state index contributed by atoms with van der Waals surface area (Å²) in [6, 6.07) is 5.64. The molecule has 2 aromatic rings. The van der Waals surface area contributed by atoms with Gasteiger partial charge < -0.3 is 14.8 Å². The second kappa shape index (κ2) is 12.9. The molecule has 0 saturated heterocycles. The van der Waals surface area contributed by atoms with Crippen LogP contribution in [0.1, 0.15) is 76.2 Å². The van der Waals surface area contributed by atoms with E-state index in [9.17, 15) is 4.79 Å². The van der Waals surface area contributed by atoms with Crippen molar-refractivity contribution in [3.8, 4) is 5.75 Å². The van der Waals surface area contributed by atoms with Crippen LogP contribution in [0.15, 0.2) is 53.1 Å². The molecule has 0 saturated carbocycles. The van der Waals surface area contributed by atoms with Gasteiger partial charge in [0, 0.05) is 11.8 Å². The molecule has 6 heteroatoms. The zero-order valence-corrected chi connectivity index (χ0v) is 21.2. The zero-order chi connectivity index (χ0) is 24.4. The van der Waals surface area contributed by atoms with Crippen LogP contribution in [-0.2, 0) is 11.3 Å². The number of hydrogen-bond donors (Lipinski definition) is 1. The van der Waals surface area contributed by atoms with E-state index in [4.69, 9.17) is 9.47 Å². The first-order valence-electron chi connectivity index (χ1n) is 11.8. The molecule has 2 rings (SSSR count). The summed E-state index contributed by atoms with van der Waals surface area (Å²) in [5.74, 6) is 1.31. The van der Waals surface area contributed by atoms with E-state index in [1.54, 1.807) is 19.4 Å². The number of hydrogen-bond acceptors (Lipinski definition) is 4. The molecular weight excluding hydrogens is 414 g/mol. The molecule has 0 aliphatic carbocycles. The van der Waals surface area contributed by atoms with Crippen LogP contribution in [0.3, 0.4) is 0 Å². The Morgan fingerprint density at radius 3 is 2.58 bits per heavy atom. The van der Waals surface area contributed by atoms with Crippen molar-refractivity contribution >= 4 is 11.6 Å². The van der Waals surface area contributed by atoms with Crippen molar-refractivity contribution in [1.82, 2.24) is 9.78 Å². The molecule has 1 N–H and O–H groups in total. The monoisotopic (exact) mass is 453 g/mol. The van der Waals surface area contributed by atoms with Gasteiger partial charge in [0.2, 0.25) is 0 Å². The highest BCUT2D eigenvalue weighted by Crippen LogP contribution is 2.26. The quantitative estimate of drug-likeness (QED) is 0.221. The first-order chi connectivity index (χ1) is 15.8. The Balaban J connectivity index is 2.18. The van der Waals surface area contributed by atoms with Crippen LogP contribution in [0, 0.1) is 6.92 Å². The molecule has 1 aromatic carbocycles. The Hall–Kier alpha value is -3.02. The highest BCUT2D eigenvalue weighted by Gasteiger charge is 2.16. The second-order valence-electron chi connectivity index (χ2n) is 8.39. The smallest absolute Gasteiger partial charge is 0.259 e. The Morgan fingerprint density at radius 2 is 1.91 bits per heavy atom. The highest BCUT2D eigenvalue weighted by molar-refractivity contribution is 6.06. The van der Waals surface area contributed by atoms with Crippen LogP contribution in [0.4, 0.5) is 5.69 Å². The third-order valence-corrected chi connectivity index (χ3v) is 6.02. The Bertz CT molecular complexity index is 1000. The molecule has 33 heavy (non-hydrogen) atoms. The van der Waals surface area contributed by atoms with E-state index < -0.39 is 0 Å². The number of ether oxygens (including phenoxy) is 2. The number of carbonyl (C=O) groups excluding carboxylic acids is 1. The maximum Gasteiger partial charge on any atom is 0.259 e. The van der Waals surface area contributed by atoms with Gasteiger partial charge in [-0.2, -0.15) is 5.10 Å². The molecule has 0 radical (unpaired) electrons. The van der Waals surface area contributed by atoms with Gasteiger partial charge in [0.1, 0.15) is 5.75 Å². The standard InChI is InChI=1S/C27H39N3O3/c1-8-10-11-15-33-26-20(4)13-12-14-24(26)27(31)29-23-16-28-30(17-23)18-25(22(6)32-7)21(5)19(3)9-2/h12-14,16-17H,8-11,15,18H2,1-7H3,(H,29,31)/b21-19+,25-22-. The van der Waals surface area contributed by atoms with Crippen molar-refractivity contribution in [2.24, 2.45) is 0 Å². The number of benzene rings is 1. The maximum atomic E-state index is 13.0. The van der Waals surface area contributed by atoms with Crippen LogP contribution in [0.2, 0.25) is 0 Å². The van der Waals surface area contributed by atoms with Gasteiger partial charge in [-0.3, -0.25) is 9.48 Å². The van der Waals surface area contributed by atoms with Crippen LogP contribution in [-0.4, -0.2) is 29.4 Å². The van der Waals surface area contributed by atoms with Gasteiger partial charge in [-0.1, -0.05) is 44.4 Å². The van der Waals surface area contributed by atoms with E-state index in [0.29, 0.717) is 30.2 Å². The number of anilines is 1. The minimum absolute atomic E-state index is 0.203. The van der Waals surface area contributed by atoms with Crippen molar-refractivity contribution < 1.29 is 14.3 Å². The lowest BCUT2D eigenvalue weighted by atomic mass is 10.00. The van der Waals surface area contributed by atoms with E-state index in [1.165, 1.54) is 11.1 Å². The van der Waals surface area contributed by atoms with Gasteiger partial charge in [-0.25, -0.2) is 0 Å². The van der Waals surface area contributed by atoms with Crippen molar-refractivity contribution in [2.75, 3.05) is 19.0 Å². The van der Waals surface area contributed by atoms with Gasteiger partial charge in [-0.05, 0) is 57.7 Å². The number of aromatic nitrogens is 2. The van der Waals surface area contributed by atoms with Gasteiger partial charge in [0.05, 0.1) is 43.5 Å². The maximum absolute atomic E-state index is 13.0. The number of aryl methyl sites for hydroxylation is 1. The molecule has 1 aromatic heterocycles. The molecule has 0 aliphatic heterocycles. The van der Waals surface area contributed by atoms with Crippen LogP contribution in [0.25, 0.3) is 0 Å². The number of nitrogens with zero attached hydrogens (tertiary/aromatic N) is 2. The van der Waals surface area contributed by atoms with Crippen molar-refractivity contribution in [2.45, 2.75) is 73.8 Å². The van der Waals surface area contributed by atoms with Gasteiger partial charge in [-0.15, -0.1) is 0 Å². The topological polar surface area (TPSA) is 65.4 Å². The Labute approximate surface area is 198 Å². The number of unbranched alkanes of at least 4 members (excludes halogenated alkanes) is 2. The van der Waals surface area contributed by atoms with Crippen LogP contribution in [0.5, 0.6) is 5.75 Å². The number of carbonyl (C=O) groups is 1. The second-order valence-corrected chi connectivity index (χ2v) is 8.39.